The normalized spacial score (nSPS) is 22.1. The van der Waals surface area contributed by atoms with Crippen LogP contribution in [-0.2, 0) is 11.2 Å². The van der Waals surface area contributed by atoms with E-state index in [-0.39, 0.29) is 17.9 Å². The minimum absolute atomic E-state index is 0.0636. The summed E-state index contributed by atoms with van der Waals surface area (Å²) in [6.07, 6.45) is 2.63. The molecule has 1 N–H and O–H groups in total. The van der Waals surface area contributed by atoms with Crippen molar-refractivity contribution in [2.45, 2.75) is 31.3 Å². The maximum absolute atomic E-state index is 11.5. The first kappa shape index (κ1) is 15.1. The standard InChI is InChI=1S/C20H21NO3/c1-23-18-9-7-14(15-11-20(22)21-12-15)10-19(18)24-17-8-6-13-4-2-3-5-16(13)17/h2-5,7,9-10,15,17H,6,8,11-12H2,1H3,(H,21,22). The molecule has 2 unspecified atom stereocenters. The molecule has 0 aromatic heterocycles. The van der Waals surface area contributed by atoms with Gasteiger partial charge in [0, 0.05) is 18.9 Å². The van der Waals surface area contributed by atoms with Crippen molar-refractivity contribution in [1.82, 2.24) is 5.32 Å². The number of ether oxygens (including phenoxy) is 2. The summed E-state index contributed by atoms with van der Waals surface area (Å²) in [5, 5.41) is 2.89. The second-order valence-corrected chi connectivity index (χ2v) is 6.46. The number of nitrogens with one attached hydrogen (secondary N) is 1. The summed E-state index contributed by atoms with van der Waals surface area (Å²) in [5.41, 5.74) is 3.75. The summed E-state index contributed by atoms with van der Waals surface area (Å²) < 4.78 is 11.8. The Bertz CT molecular complexity index is 771. The van der Waals surface area contributed by atoms with Crippen molar-refractivity contribution < 1.29 is 14.3 Å². The van der Waals surface area contributed by atoms with E-state index in [0.717, 1.165) is 29.9 Å². The average Bonchev–Trinajstić information content (AvgIpc) is 3.22. The lowest BCUT2D eigenvalue weighted by Crippen LogP contribution is -2.13. The number of aryl methyl sites for hydroxylation is 1. The predicted molar refractivity (Wildman–Crippen MR) is 91.5 cm³/mol. The van der Waals surface area contributed by atoms with Gasteiger partial charge in [0.25, 0.3) is 0 Å². The summed E-state index contributed by atoms with van der Waals surface area (Å²) in [6.45, 7) is 0.691. The van der Waals surface area contributed by atoms with Gasteiger partial charge in [-0.25, -0.2) is 0 Å². The fraction of sp³-hybridized carbons (Fsp3) is 0.350. The maximum atomic E-state index is 11.5. The lowest BCUT2D eigenvalue weighted by atomic mass is 9.98. The number of amides is 1. The lowest BCUT2D eigenvalue weighted by Gasteiger charge is -2.19. The molecule has 0 spiro atoms. The molecule has 2 aromatic carbocycles. The average molecular weight is 323 g/mol. The van der Waals surface area contributed by atoms with Crippen molar-refractivity contribution >= 4 is 5.91 Å². The van der Waals surface area contributed by atoms with Gasteiger partial charge in [0.15, 0.2) is 11.5 Å². The zero-order chi connectivity index (χ0) is 16.5. The third-order valence-electron chi connectivity index (χ3n) is 4.98. The molecule has 124 valence electrons. The van der Waals surface area contributed by atoms with Gasteiger partial charge in [-0.2, -0.15) is 0 Å². The Kier molecular flexibility index (Phi) is 3.89. The van der Waals surface area contributed by atoms with Crippen LogP contribution < -0.4 is 14.8 Å². The van der Waals surface area contributed by atoms with Gasteiger partial charge in [-0.1, -0.05) is 30.3 Å². The van der Waals surface area contributed by atoms with E-state index >= 15 is 0 Å². The summed E-state index contributed by atoms with van der Waals surface area (Å²) in [7, 11) is 1.66. The Labute approximate surface area is 141 Å². The summed E-state index contributed by atoms with van der Waals surface area (Å²) >= 11 is 0. The number of carbonyl (C=O) groups is 1. The summed E-state index contributed by atoms with van der Waals surface area (Å²) in [6, 6.07) is 14.4. The SMILES string of the molecule is COc1ccc(C2CNC(=O)C2)cc1OC1CCc2ccccc21. The highest BCUT2D eigenvalue weighted by atomic mass is 16.5. The Morgan fingerprint density at radius 3 is 2.79 bits per heavy atom. The van der Waals surface area contributed by atoms with Crippen molar-refractivity contribution in [3.63, 3.8) is 0 Å². The van der Waals surface area contributed by atoms with Gasteiger partial charge in [-0.3, -0.25) is 4.79 Å². The van der Waals surface area contributed by atoms with E-state index < -0.39 is 0 Å². The number of hydrogen-bond acceptors (Lipinski definition) is 3. The molecule has 1 aliphatic heterocycles. The number of benzene rings is 2. The first-order valence-electron chi connectivity index (χ1n) is 8.43. The number of carbonyl (C=O) groups excluding carboxylic acids is 1. The van der Waals surface area contributed by atoms with Crippen molar-refractivity contribution in [3.05, 3.63) is 59.2 Å². The Hall–Kier alpha value is -2.49. The Morgan fingerprint density at radius 2 is 2.00 bits per heavy atom. The van der Waals surface area contributed by atoms with E-state index in [4.69, 9.17) is 9.47 Å². The Balaban J connectivity index is 1.61. The zero-order valence-electron chi connectivity index (χ0n) is 13.7. The van der Waals surface area contributed by atoms with Crippen LogP contribution >= 0.6 is 0 Å². The van der Waals surface area contributed by atoms with Gasteiger partial charge in [0.1, 0.15) is 6.10 Å². The van der Waals surface area contributed by atoms with Crippen molar-refractivity contribution in [2.24, 2.45) is 0 Å². The highest BCUT2D eigenvalue weighted by molar-refractivity contribution is 5.79. The van der Waals surface area contributed by atoms with Crippen LogP contribution in [0.25, 0.3) is 0 Å². The summed E-state index contributed by atoms with van der Waals surface area (Å²) in [4.78, 5) is 11.5. The van der Waals surface area contributed by atoms with Crippen LogP contribution in [0.4, 0.5) is 0 Å². The topological polar surface area (TPSA) is 47.6 Å². The quantitative estimate of drug-likeness (QED) is 0.938. The number of hydrogen-bond donors (Lipinski definition) is 1. The van der Waals surface area contributed by atoms with Gasteiger partial charge >= 0.3 is 0 Å². The van der Waals surface area contributed by atoms with E-state index in [0.29, 0.717) is 13.0 Å². The summed E-state index contributed by atoms with van der Waals surface area (Å²) in [5.74, 6) is 1.82. The first-order valence-corrected chi connectivity index (χ1v) is 8.43. The maximum Gasteiger partial charge on any atom is 0.220 e. The predicted octanol–water partition coefficient (Wildman–Crippen LogP) is 3.37. The van der Waals surface area contributed by atoms with E-state index in [2.05, 4.69) is 29.6 Å². The second-order valence-electron chi connectivity index (χ2n) is 6.46. The lowest BCUT2D eigenvalue weighted by molar-refractivity contribution is -0.119. The van der Waals surface area contributed by atoms with Crippen molar-refractivity contribution in [3.8, 4) is 11.5 Å². The molecule has 4 rings (SSSR count). The highest BCUT2D eigenvalue weighted by Gasteiger charge is 2.27. The smallest absolute Gasteiger partial charge is 0.220 e. The molecular weight excluding hydrogens is 302 g/mol. The van der Waals surface area contributed by atoms with Crippen LogP contribution in [0, 0.1) is 0 Å². The molecule has 4 nitrogen and oxygen atoms in total. The highest BCUT2D eigenvalue weighted by Crippen LogP contribution is 2.39. The molecule has 1 amide bonds. The molecule has 2 aliphatic rings. The van der Waals surface area contributed by atoms with E-state index in [9.17, 15) is 4.79 Å². The fourth-order valence-electron chi connectivity index (χ4n) is 3.67. The molecule has 0 radical (unpaired) electrons. The molecular formula is C20H21NO3. The molecule has 1 saturated heterocycles. The first-order chi connectivity index (χ1) is 11.7. The number of methoxy groups -OCH3 is 1. The van der Waals surface area contributed by atoms with Crippen LogP contribution in [0.5, 0.6) is 11.5 Å². The molecule has 0 saturated carbocycles. The molecule has 4 heteroatoms. The molecule has 24 heavy (non-hydrogen) atoms. The molecule has 0 bridgehead atoms. The minimum Gasteiger partial charge on any atom is -0.493 e. The van der Waals surface area contributed by atoms with Gasteiger partial charge in [-0.15, -0.1) is 0 Å². The zero-order valence-corrected chi connectivity index (χ0v) is 13.7. The van der Waals surface area contributed by atoms with Crippen LogP contribution in [0.15, 0.2) is 42.5 Å². The number of rotatable bonds is 4. The van der Waals surface area contributed by atoms with Gasteiger partial charge in [0.2, 0.25) is 5.91 Å². The second kappa shape index (κ2) is 6.19. The van der Waals surface area contributed by atoms with E-state index in [1.165, 1.54) is 11.1 Å². The Morgan fingerprint density at radius 1 is 1.12 bits per heavy atom. The van der Waals surface area contributed by atoms with Crippen LogP contribution in [0.2, 0.25) is 0 Å². The van der Waals surface area contributed by atoms with Gasteiger partial charge in [0.05, 0.1) is 7.11 Å². The largest absolute Gasteiger partial charge is 0.493 e. The molecule has 2 atom stereocenters. The monoisotopic (exact) mass is 323 g/mol. The third kappa shape index (κ3) is 2.73. The van der Waals surface area contributed by atoms with E-state index in [1.807, 2.05) is 18.2 Å². The fourth-order valence-corrected chi connectivity index (χ4v) is 3.67. The number of fused-ring (bicyclic) bond motifs is 1. The molecule has 1 fully saturated rings. The molecule has 2 aromatic rings. The minimum atomic E-state index is 0.0636. The third-order valence-corrected chi connectivity index (χ3v) is 4.98. The van der Waals surface area contributed by atoms with Gasteiger partial charge in [-0.05, 0) is 41.7 Å². The molecule has 1 heterocycles. The van der Waals surface area contributed by atoms with Crippen LogP contribution in [0.3, 0.4) is 0 Å². The van der Waals surface area contributed by atoms with Crippen LogP contribution in [0.1, 0.15) is 41.6 Å². The van der Waals surface area contributed by atoms with Crippen LogP contribution in [-0.4, -0.2) is 19.6 Å². The molecule has 1 aliphatic carbocycles. The van der Waals surface area contributed by atoms with Gasteiger partial charge < -0.3 is 14.8 Å². The van der Waals surface area contributed by atoms with E-state index in [1.54, 1.807) is 7.11 Å². The van der Waals surface area contributed by atoms with Crippen molar-refractivity contribution in [2.75, 3.05) is 13.7 Å². The van der Waals surface area contributed by atoms with Crippen molar-refractivity contribution in [1.29, 1.82) is 0 Å².